The third-order valence-electron chi connectivity index (χ3n) is 5.40. The highest BCUT2D eigenvalue weighted by Gasteiger charge is 2.23. The Bertz CT molecular complexity index is 963. The van der Waals surface area contributed by atoms with E-state index in [-0.39, 0.29) is 5.91 Å². The van der Waals surface area contributed by atoms with Crippen LogP contribution >= 0.6 is 0 Å². The zero-order valence-corrected chi connectivity index (χ0v) is 18.1. The van der Waals surface area contributed by atoms with E-state index in [1.807, 2.05) is 49.4 Å². The van der Waals surface area contributed by atoms with Crippen molar-refractivity contribution in [3.05, 3.63) is 64.7 Å². The van der Waals surface area contributed by atoms with E-state index in [0.29, 0.717) is 31.7 Å². The first kappa shape index (κ1) is 21.5. The van der Waals surface area contributed by atoms with Crippen LogP contribution in [0.15, 0.2) is 42.5 Å². The van der Waals surface area contributed by atoms with Crippen molar-refractivity contribution in [1.82, 2.24) is 9.21 Å². The Morgan fingerprint density at radius 1 is 1.03 bits per heavy atom. The lowest BCUT2D eigenvalue weighted by Gasteiger charge is -2.33. The molecule has 1 fully saturated rings. The fourth-order valence-corrected chi connectivity index (χ4v) is 4.45. The molecule has 0 atom stereocenters. The number of para-hydroxylation sites is 1. The summed E-state index contributed by atoms with van der Waals surface area (Å²) in [5.41, 5.74) is 4.82. The number of carbonyl (C=O) groups excluding carboxylic acids is 1. The van der Waals surface area contributed by atoms with Crippen molar-refractivity contribution in [3.8, 4) is 0 Å². The van der Waals surface area contributed by atoms with Crippen LogP contribution in [0, 0.1) is 6.92 Å². The number of aryl methyl sites for hydroxylation is 2. The fraction of sp³-hybridized carbons (Fsp3) is 0.409. The van der Waals surface area contributed by atoms with E-state index in [1.165, 1.54) is 10.6 Å². The summed E-state index contributed by atoms with van der Waals surface area (Å²) in [5.74, 6) is -0.109. The van der Waals surface area contributed by atoms with Gasteiger partial charge in [0.15, 0.2) is 0 Å². The molecule has 0 bridgehead atoms. The Labute approximate surface area is 173 Å². The highest BCUT2D eigenvalue weighted by Crippen LogP contribution is 2.22. The Kier molecular flexibility index (Phi) is 6.72. The van der Waals surface area contributed by atoms with Gasteiger partial charge in [0.2, 0.25) is 10.0 Å². The molecule has 1 N–H and O–H groups in total. The van der Waals surface area contributed by atoms with E-state index in [0.717, 1.165) is 35.3 Å². The summed E-state index contributed by atoms with van der Waals surface area (Å²) >= 11 is 0. The van der Waals surface area contributed by atoms with Crippen LogP contribution in [-0.4, -0.2) is 56.0 Å². The van der Waals surface area contributed by atoms with Crippen LogP contribution in [0.25, 0.3) is 0 Å². The minimum Gasteiger partial charge on any atom is -0.321 e. The zero-order valence-electron chi connectivity index (χ0n) is 17.3. The predicted octanol–water partition coefficient (Wildman–Crippen LogP) is 2.89. The highest BCUT2D eigenvalue weighted by atomic mass is 32.2. The highest BCUT2D eigenvalue weighted by molar-refractivity contribution is 7.88. The van der Waals surface area contributed by atoms with E-state index in [4.69, 9.17) is 0 Å². The second-order valence-electron chi connectivity index (χ2n) is 7.55. The lowest BCUT2D eigenvalue weighted by Crippen LogP contribution is -2.47. The van der Waals surface area contributed by atoms with Gasteiger partial charge in [0, 0.05) is 44.0 Å². The number of amides is 1. The average Bonchev–Trinajstić information content (AvgIpc) is 2.69. The molecule has 1 aliphatic rings. The number of carbonyl (C=O) groups is 1. The van der Waals surface area contributed by atoms with E-state index in [9.17, 15) is 13.2 Å². The molecule has 0 saturated carbocycles. The summed E-state index contributed by atoms with van der Waals surface area (Å²) < 4.78 is 24.7. The number of sulfonamides is 1. The van der Waals surface area contributed by atoms with E-state index in [2.05, 4.69) is 17.1 Å². The quantitative estimate of drug-likeness (QED) is 0.788. The molecule has 1 amide bonds. The van der Waals surface area contributed by atoms with Gasteiger partial charge in [0.25, 0.3) is 5.91 Å². The van der Waals surface area contributed by atoms with Crippen molar-refractivity contribution in [1.29, 1.82) is 0 Å². The van der Waals surface area contributed by atoms with Crippen LogP contribution in [0.3, 0.4) is 0 Å². The van der Waals surface area contributed by atoms with Gasteiger partial charge in [-0.15, -0.1) is 0 Å². The first-order valence-electron chi connectivity index (χ1n) is 9.94. The number of nitrogens with one attached hydrogen (secondary N) is 1. The summed E-state index contributed by atoms with van der Waals surface area (Å²) in [4.78, 5) is 14.9. The molecule has 2 aromatic rings. The van der Waals surface area contributed by atoms with E-state index < -0.39 is 10.0 Å². The van der Waals surface area contributed by atoms with Gasteiger partial charge in [-0.3, -0.25) is 9.69 Å². The van der Waals surface area contributed by atoms with Crippen molar-refractivity contribution >= 4 is 21.6 Å². The molecule has 0 unspecified atom stereocenters. The van der Waals surface area contributed by atoms with E-state index in [1.54, 1.807) is 0 Å². The van der Waals surface area contributed by atoms with Crippen molar-refractivity contribution in [2.75, 3.05) is 37.8 Å². The van der Waals surface area contributed by atoms with Crippen LogP contribution in [0.1, 0.15) is 34.0 Å². The van der Waals surface area contributed by atoms with Crippen LogP contribution in [0.2, 0.25) is 0 Å². The molecule has 0 aliphatic carbocycles. The number of anilines is 1. The molecule has 0 aromatic heterocycles. The van der Waals surface area contributed by atoms with E-state index >= 15 is 0 Å². The molecular formula is C22H29N3O3S. The van der Waals surface area contributed by atoms with Gasteiger partial charge >= 0.3 is 0 Å². The minimum absolute atomic E-state index is 0.109. The summed E-state index contributed by atoms with van der Waals surface area (Å²) in [6, 6.07) is 13.7. The normalized spacial score (nSPS) is 16.0. The van der Waals surface area contributed by atoms with Crippen molar-refractivity contribution in [3.63, 3.8) is 0 Å². The van der Waals surface area contributed by atoms with Gasteiger partial charge in [-0.25, -0.2) is 8.42 Å². The molecule has 29 heavy (non-hydrogen) atoms. The molecule has 1 aliphatic heterocycles. The SMILES string of the molecule is CCc1cccc(C)c1NC(=O)c1ccc(CN2CCN(S(C)(=O)=O)CC2)cc1. The van der Waals surface area contributed by atoms with Crippen molar-refractivity contribution in [2.24, 2.45) is 0 Å². The molecule has 1 heterocycles. The second-order valence-corrected chi connectivity index (χ2v) is 9.53. The van der Waals surface area contributed by atoms with Gasteiger partial charge in [-0.05, 0) is 42.2 Å². The standard InChI is InChI=1S/C22H29N3O3S/c1-4-19-7-5-6-17(2)21(19)23-22(26)20-10-8-18(9-11-20)16-24-12-14-25(15-13-24)29(3,27)28/h5-11H,4,12-16H2,1-3H3,(H,23,26). The molecule has 156 valence electrons. The first-order valence-corrected chi connectivity index (χ1v) is 11.8. The van der Waals surface area contributed by atoms with Crippen LogP contribution in [0.4, 0.5) is 5.69 Å². The Balaban J connectivity index is 1.60. The molecular weight excluding hydrogens is 386 g/mol. The number of rotatable bonds is 6. The summed E-state index contributed by atoms with van der Waals surface area (Å²) in [6.07, 6.45) is 2.12. The van der Waals surface area contributed by atoms with Crippen LogP contribution in [0.5, 0.6) is 0 Å². The summed E-state index contributed by atoms with van der Waals surface area (Å²) in [6.45, 7) is 7.30. The monoisotopic (exact) mass is 415 g/mol. The molecule has 1 saturated heterocycles. The van der Waals surface area contributed by atoms with Crippen molar-refractivity contribution in [2.45, 2.75) is 26.8 Å². The Morgan fingerprint density at radius 3 is 2.28 bits per heavy atom. The number of hydrogen-bond acceptors (Lipinski definition) is 4. The van der Waals surface area contributed by atoms with Crippen LogP contribution < -0.4 is 5.32 Å². The van der Waals surface area contributed by atoms with Gasteiger partial charge in [0.1, 0.15) is 0 Å². The van der Waals surface area contributed by atoms with Crippen molar-refractivity contribution < 1.29 is 13.2 Å². The lowest BCUT2D eigenvalue weighted by molar-refractivity contribution is 0.102. The molecule has 3 rings (SSSR count). The fourth-order valence-electron chi connectivity index (χ4n) is 3.63. The maximum Gasteiger partial charge on any atom is 0.255 e. The number of piperazine rings is 1. The Hall–Kier alpha value is -2.22. The first-order chi connectivity index (χ1) is 13.8. The van der Waals surface area contributed by atoms with Gasteiger partial charge in [-0.2, -0.15) is 4.31 Å². The summed E-state index contributed by atoms with van der Waals surface area (Å²) in [5, 5.41) is 3.05. The average molecular weight is 416 g/mol. The van der Waals surface area contributed by atoms with Gasteiger partial charge < -0.3 is 5.32 Å². The van der Waals surface area contributed by atoms with Gasteiger partial charge in [-0.1, -0.05) is 37.3 Å². The number of benzene rings is 2. The zero-order chi connectivity index (χ0) is 21.0. The second kappa shape index (κ2) is 9.07. The number of nitrogens with zero attached hydrogens (tertiary/aromatic N) is 2. The maximum atomic E-state index is 12.7. The third kappa shape index (κ3) is 5.44. The molecule has 0 radical (unpaired) electrons. The smallest absolute Gasteiger partial charge is 0.255 e. The largest absolute Gasteiger partial charge is 0.321 e. The Morgan fingerprint density at radius 2 is 1.69 bits per heavy atom. The number of hydrogen-bond donors (Lipinski definition) is 1. The minimum atomic E-state index is -3.11. The molecule has 0 spiro atoms. The summed E-state index contributed by atoms with van der Waals surface area (Å²) in [7, 11) is -3.11. The molecule has 7 heteroatoms. The third-order valence-corrected chi connectivity index (χ3v) is 6.70. The van der Waals surface area contributed by atoms with Crippen LogP contribution in [-0.2, 0) is 23.0 Å². The molecule has 2 aromatic carbocycles. The maximum absolute atomic E-state index is 12.7. The molecule has 6 nitrogen and oxygen atoms in total. The lowest BCUT2D eigenvalue weighted by atomic mass is 10.0. The predicted molar refractivity (Wildman–Crippen MR) is 117 cm³/mol. The topological polar surface area (TPSA) is 69.7 Å². The van der Waals surface area contributed by atoms with Gasteiger partial charge in [0.05, 0.1) is 6.26 Å².